The average Bonchev–Trinajstić information content (AvgIpc) is 2.87. The van der Waals surface area contributed by atoms with Crippen LogP contribution in [0.3, 0.4) is 0 Å². The van der Waals surface area contributed by atoms with E-state index in [2.05, 4.69) is 12.0 Å². The average molecular weight is 274 g/mol. The summed E-state index contributed by atoms with van der Waals surface area (Å²) in [5.74, 6) is 0.901. The highest BCUT2D eigenvalue weighted by molar-refractivity contribution is 5.20. The number of aliphatic hydroxyl groups is 1. The Hall–Kier alpha value is -1.81. The van der Waals surface area contributed by atoms with Crippen LogP contribution in [0.15, 0.2) is 36.5 Å². The molecule has 0 saturated heterocycles. The third-order valence-electron chi connectivity index (χ3n) is 3.22. The minimum absolute atomic E-state index is 0.0653. The van der Waals surface area contributed by atoms with Gasteiger partial charge >= 0.3 is 0 Å². The molecule has 0 aliphatic carbocycles. The van der Waals surface area contributed by atoms with E-state index < -0.39 is 0 Å². The van der Waals surface area contributed by atoms with Gasteiger partial charge in [0.1, 0.15) is 5.75 Å². The summed E-state index contributed by atoms with van der Waals surface area (Å²) >= 11 is 0. The van der Waals surface area contributed by atoms with E-state index in [9.17, 15) is 5.11 Å². The molecule has 108 valence electrons. The second-order valence-corrected chi connectivity index (χ2v) is 4.76. The quantitative estimate of drug-likeness (QED) is 0.753. The Morgan fingerprint density at radius 2 is 2.05 bits per heavy atom. The zero-order chi connectivity index (χ0) is 14.2. The van der Waals surface area contributed by atoms with Crippen LogP contribution in [-0.4, -0.2) is 21.5 Å². The van der Waals surface area contributed by atoms with E-state index in [0.29, 0.717) is 6.61 Å². The lowest BCUT2D eigenvalue weighted by atomic mass is 10.1. The van der Waals surface area contributed by atoms with Gasteiger partial charge in [-0.1, -0.05) is 31.5 Å². The minimum Gasteiger partial charge on any atom is -0.494 e. The number of hydrogen-bond donors (Lipinski definition) is 1. The molecule has 0 unspecified atom stereocenters. The van der Waals surface area contributed by atoms with Crippen molar-refractivity contribution in [3.05, 3.63) is 47.8 Å². The van der Waals surface area contributed by atoms with Gasteiger partial charge in [-0.05, 0) is 18.6 Å². The first-order valence-electron chi connectivity index (χ1n) is 7.17. The Morgan fingerprint density at radius 3 is 2.75 bits per heavy atom. The third kappa shape index (κ3) is 3.84. The standard InChI is InChI=1S/C16H22N2O2/c1-2-7-16-14(13-19)12-17-18(16)10-6-11-20-15-8-4-3-5-9-15/h3-5,8-9,12,19H,2,6-7,10-11,13H2,1H3. The molecule has 0 fully saturated rings. The van der Waals surface area contributed by atoms with Crippen molar-refractivity contribution in [2.24, 2.45) is 0 Å². The first kappa shape index (κ1) is 14.6. The lowest BCUT2D eigenvalue weighted by Gasteiger charge is -2.09. The zero-order valence-corrected chi connectivity index (χ0v) is 12.0. The monoisotopic (exact) mass is 274 g/mol. The van der Waals surface area contributed by atoms with E-state index in [1.54, 1.807) is 6.20 Å². The number of nitrogens with zero attached hydrogens (tertiary/aromatic N) is 2. The van der Waals surface area contributed by atoms with Crippen LogP contribution in [0.5, 0.6) is 5.75 Å². The fourth-order valence-corrected chi connectivity index (χ4v) is 2.22. The summed E-state index contributed by atoms with van der Waals surface area (Å²) in [6, 6.07) is 9.83. The van der Waals surface area contributed by atoms with Crippen LogP contribution in [0.4, 0.5) is 0 Å². The highest BCUT2D eigenvalue weighted by Crippen LogP contribution is 2.13. The number of aliphatic hydroxyl groups excluding tert-OH is 1. The predicted octanol–water partition coefficient (Wildman–Crippen LogP) is 2.80. The highest BCUT2D eigenvalue weighted by atomic mass is 16.5. The van der Waals surface area contributed by atoms with Gasteiger partial charge < -0.3 is 9.84 Å². The van der Waals surface area contributed by atoms with E-state index in [1.165, 1.54) is 0 Å². The number of aryl methyl sites for hydroxylation is 1. The number of ether oxygens (including phenoxy) is 1. The third-order valence-corrected chi connectivity index (χ3v) is 3.22. The van der Waals surface area contributed by atoms with Crippen molar-refractivity contribution in [2.45, 2.75) is 39.3 Å². The fourth-order valence-electron chi connectivity index (χ4n) is 2.22. The maximum absolute atomic E-state index is 9.30. The zero-order valence-electron chi connectivity index (χ0n) is 12.0. The molecule has 4 heteroatoms. The van der Waals surface area contributed by atoms with Crippen LogP contribution < -0.4 is 4.74 Å². The van der Waals surface area contributed by atoms with Crippen molar-refractivity contribution in [3.63, 3.8) is 0 Å². The molecule has 2 aromatic rings. The van der Waals surface area contributed by atoms with Gasteiger partial charge in [0.2, 0.25) is 0 Å². The summed E-state index contributed by atoms with van der Waals surface area (Å²) in [7, 11) is 0. The maximum Gasteiger partial charge on any atom is 0.119 e. The van der Waals surface area contributed by atoms with Crippen LogP contribution in [0.25, 0.3) is 0 Å². The molecule has 1 N–H and O–H groups in total. The first-order chi connectivity index (χ1) is 9.85. The largest absolute Gasteiger partial charge is 0.494 e. The van der Waals surface area contributed by atoms with Gasteiger partial charge in [-0.2, -0.15) is 5.10 Å². The second-order valence-electron chi connectivity index (χ2n) is 4.76. The van der Waals surface area contributed by atoms with Gasteiger partial charge in [-0.25, -0.2) is 0 Å². The van der Waals surface area contributed by atoms with Gasteiger partial charge in [-0.3, -0.25) is 4.68 Å². The van der Waals surface area contributed by atoms with Gasteiger partial charge in [0.15, 0.2) is 0 Å². The van der Waals surface area contributed by atoms with Crippen molar-refractivity contribution in [1.82, 2.24) is 9.78 Å². The summed E-state index contributed by atoms with van der Waals surface area (Å²) < 4.78 is 7.66. The summed E-state index contributed by atoms with van der Waals surface area (Å²) in [6.07, 6.45) is 4.68. The van der Waals surface area contributed by atoms with E-state index in [1.807, 2.05) is 35.0 Å². The van der Waals surface area contributed by atoms with Gasteiger partial charge in [0.25, 0.3) is 0 Å². The molecule has 0 aliphatic heterocycles. The molecular weight excluding hydrogens is 252 g/mol. The summed E-state index contributed by atoms with van der Waals surface area (Å²) in [4.78, 5) is 0. The molecule has 0 atom stereocenters. The Morgan fingerprint density at radius 1 is 1.25 bits per heavy atom. The van der Waals surface area contributed by atoms with E-state index in [4.69, 9.17) is 4.74 Å². The number of hydrogen-bond acceptors (Lipinski definition) is 3. The first-order valence-corrected chi connectivity index (χ1v) is 7.17. The second kappa shape index (κ2) is 7.70. The van der Waals surface area contributed by atoms with E-state index >= 15 is 0 Å². The van der Waals surface area contributed by atoms with Gasteiger partial charge in [0.05, 0.1) is 19.4 Å². The van der Waals surface area contributed by atoms with Gasteiger partial charge in [0, 0.05) is 24.2 Å². The van der Waals surface area contributed by atoms with Crippen molar-refractivity contribution in [1.29, 1.82) is 0 Å². The van der Waals surface area contributed by atoms with Crippen LogP contribution in [0, 0.1) is 0 Å². The van der Waals surface area contributed by atoms with Crippen LogP contribution >= 0.6 is 0 Å². The molecule has 1 heterocycles. The Labute approximate surface area is 120 Å². The van der Waals surface area contributed by atoms with Gasteiger partial charge in [-0.15, -0.1) is 0 Å². The van der Waals surface area contributed by atoms with Crippen LogP contribution in [0.1, 0.15) is 31.0 Å². The molecule has 20 heavy (non-hydrogen) atoms. The topological polar surface area (TPSA) is 47.3 Å². The molecular formula is C16H22N2O2. The number of benzene rings is 1. The lowest BCUT2D eigenvalue weighted by Crippen LogP contribution is -2.09. The summed E-state index contributed by atoms with van der Waals surface area (Å²) in [5.41, 5.74) is 2.09. The summed E-state index contributed by atoms with van der Waals surface area (Å²) in [6.45, 7) is 3.69. The maximum atomic E-state index is 9.30. The molecule has 0 spiro atoms. The number of aromatic nitrogens is 2. The molecule has 1 aromatic heterocycles. The van der Waals surface area contributed by atoms with Crippen molar-refractivity contribution >= 4 is 0 Å². The smallest absolute Gasteiger partial charge is 0.119 e. The molecule has 4 nitrogen and oxygen atoms in total. The lowest BCUT2D eigenvalue weighted by molar-refractivity contribution is 0.279. The fraction of sp³-hybridized carbons (Fsp3) is 0.438. The van der Waals surface area contributed by atoms with E-state index in [0.717, 1.165) is 42.8 Å². The molecule has 1 aromatic carbocycles. The molecule has 0 saturated carbocycles. The summed E-state index contributed by atoms with van der Waals surface area (Å²) in [5, 5.41) is 13.7. The Balaban J connectivity index is 1.83. The van der Waals surface area contributed by atoms with Crippen molar-refractivity contribution < 1.29 is 9.84 Å². The molecule has 0 aliphatic rings. The molecule has 2 rings (SSSR count). The highest BCUT2D eigenvalue weighted by Gasteiger charge is 2.08. The SMILES string of the molecule is CCCc1c(CO)cnn1CCCOc1ccccc1. The van der Waals surface area contributed by atoms with Crippen molar-refractivity contribution in [3.8, 4) is 5.75 Å². The minimum atomic E-state index is 0.0653. The van der Waals surface area contributed by atoms with E-state index in [-0.39, 0.29) is 6.61 Å². The normalized spacial score (nSPS) is 10.7. The predicted molar refractivity (Wildman–Crippen MR) is 78.7 cm³/mol. The van der Waals surface area contributed by atoms with Crippen molar-refractivity contribution in [2.75, 3.05) is 6.61 Å². The Bertz CT molecular complexity index is 508. The number of rotatable bonds is 8. The molecule has 0 amide bonds. The Kier molecular flexibility index (Phi) is 5.62. The molecule has 0 radical (unpaired) electrons. The van der Waals surface area contributed by atoms with Crippen LogP contribution in [-0.2, 0) is 19.6 Å². The molecule has 0 bridgehead atoms. The van der Waals surface area contributed by atoms with Crippen LogP contribution in [0.2, 0.25) is 0 Å². The number of para-hydroxylation sites is 1.